The summed E-state index contributed by atoms with van der Waals surface area (Å²) in [7, 11) is 0. The van der Waals surface area contributed by atoms with Crippen molar-refractivity contribution in [1.82, 2.24) is 14.8 Å². The van der Waals surface area contributed by atoms with Gasteiger partial charge in [-0.2, -0.15) is 0 Å². The van der Waals surface area contributed by atoms with Gasteiger partial charge in [0.15, 0.2) is 5.82 Å². The predicted molar refractivity (Wildman–Crippen MR) is 117 cm³/mol. The van der Waals surface area contributed by atoms with Crippen LogP contribution in [-0.4, -0.2) is 107 Å². The smallest absolute Gasteiger partial charge is 0.152 e. The Morgan fingerprint density at radius 3 is 1.93 bits per heavy atom. The fourth-order valence-corrected chi connectivity index (χ4v) is 4.48. The van der Waals surface area contributed by atoms with E-state index in [9.17, 15) is 0 Å². The summed E-state index contributed by atoms with van der Waals surface area (Å²) >= 11 is 0. The van der Waals surface area contributed by atoms with Crippen molar-refractivity contribution in [3.8, 4) is 0 Å². The largest absolute Gasteiger partial charge is 0.397 e. The fourth-order valence-electron chi connectivity index (χ4n) is 4.48. The molecule has 0 aromatic carbocycles. The molecule has 0 saturated carbocycles. The Kier molecular flexibility index (Phi) is 7.43. The van der Waals surface area contributed by atoms with Crippen LogP contribution in [-0.2, 0) is 9.47 Å². The zero-order chi connectivity index (χ0) is 19.9. The van der Waals surface area contributed by atoms with Crippen molar-refractivity contribution in [3.05, 3.63) is 12.3 Å². The molecular weight excluding hydrogens is 368 g/mol. The lowest BCUT2D eigenvalue weighted by Gasteiger charge is -2.39. The van der Waals surface area contributed by atoms with Gasteiger partial charge < -0.3 is 25.0 Å². The van der Waals surface area contributed by atoms with Crippen LogP contribution in [0.5, 0.6) is 0 Å². The first kappa shape index (κ1) is 20.7. The topological polar surface area (TPSA) is 70.3 Å². The van der Waals surface area contributed by atoms with Crippen LogP contribution in [0.2, 0.25) is 0 Å². The number of anilines is 3. The first-order chi connectivity index (χ1) is 14.3. The van der Waals surface area contributed by atoms with Crippen molar-refractivity contribution in [2.45, 2.75) is 12.8 Å². The number of nitrogen functional groups attached to an aromatic ring is 1. The van der Waals surface area contributed by atoms with Crippen LogP contribution in [0.25, 0.3) is 0 Å². The van der Waals surface area contributed by atoms with Gasteiger partial charge in [0.25, 0.3) is 0 Å². The predicted octanol–water partition coefficient (Wildman–Crippen LogP) is 0.735. The van der Waals surface area contributed by atoms with E-state index in [2.05, 4.69) is 25.7 Å². The zero-order valence-electron chi connectivity index (χ0n) is 17.6. The second kappa shape index (κ2) is 10.4. The van der Waals surface area contributed by atoms with Gasteiger partial charge in [-0.15, -0.1) is 0 Å². The molecule has 0 unspecified atom stereocenters. The van der Waals surface area contributed by atoms with Gasteiger partial charge in [0.2, 0.25) is 0 Å². The number of ether oxygens (including phenoxy) is 2. The molecule has 0 spiro atoms. The van der Waals surface area contributed by atoms with Crippen molar-refractivity contribution >= 4 is 17.2 Å². The van der Waals surface area contributed by atoms with Gasteiger partial charge in [-0.05, 0) is 18.9 Å². The van der Waals surface area contributed by atoms with E-state index in [4.69, 9.17) is 20.2 Å². The molecule has 4 rings (SSSR count). The molecule has 0 atom stereocenters. The Labute approximate surface area is 174 Å². The number of hydrogen-bond acceptors (Lipinski definition) is 8. The molecule has 1 aromatic rings. The number of hydrogen-bond donors (Lipinski definition) is 1. The quantitative estimate of drug-likeness (QED) is 0.680. The van der Waals surface area contributed by atoms with Crippen LogP contribution in [0.15, 0.2) is 12.3 Å². The Balaban J connectivity index is 1.30. The van der Waals surface area contributed by atoms with Crippen LogP contribution in [0, 0.1) is 0 Å². The van der Waals surface area contributed by atoms with E-state index in [-0.39, 0.29) is 0 Å². The van der Waals surface area contributed by atoms with E-state index in [1.807, 2.05) is 0 Å². The minimum absolute atomic E-state index is 0.747. The summed E-state index contributed by atoms with van der Waals surface area (Å²) in [4.78, 5) is 14.6. The third kappa shape index (κ3) is 5.72. The molecule has 3 aliphatic rings. The van der Waals surface area contributed by atoms with Crippen molar-refractivity contribution in [3.63, 3.8) is 0 Å². The third-order valence-corrected chi connectivity index (χ3v) is 6.16. The van der Waals surface area contributed by atoms with Gasteiger partial charge >= 0.3 is 0 Å². The molecule has 1 aromatic heterocycles. The van der Waals surface area contributed by atoms with E-state index < -0.39 is 0 Å². The highest BCUT2D eigenvalue weighted by atomic mass is 16.5. The van der Waals surface area contributed by atoms with Crippen molar-refractivity contribution in [1.29, 1.82) is 0 Å². The summed E-state index contributed by atoms with van der Waals surface area (Å²) in [6.07, 6.45) is 4.11. The van der Waals surface area contributed by atoms with Gasteiger partial charge in [-0.25, -0.2) is 4.98 Å². The molecule has 162 valence electrons. The number of rotatable bonds is 8. The SMILES string of the molecule is Nc1cnc2c(c1)N(CCCN1CCOCC1)CCN2CCCN1CCOCC1. The minimum atomic E-state index is 0.747. The molecule has 0 bridgehead atoms. The second-order valence-corrected chi connectivity index (χ2v) is 8.20. The normalized spacial score (nSPS) is 21.4. The number of nitrogens with zero attached hydrogens (tertiary/aromatic N) is 5. The molecule has 2 N–H and O–H groups in total. The maximum atomic E-state index is 6.08. The van der Waals surface area contributed by atoms with E-state index in [1.165, 1.54) is 5.69 Å². The number of pyridine rings is 1. The molecule has 0 radical (unpaired) electrons. The minimum Gasteiger partial charge on any atom is -0.397 e. The van der Waals surface area contributed by atoms with Crippen LogP contribution in [0.1, 0.15) is 12.8 Å². The Morgan fingerprint density at radius 2 is 1.31 bits per heavy atom. The Bertz CT molecular complexity index is 634. The fraction of sp³-hybridized carbons (Fsp3) is 0.762. The molecule has 3 aliphatic heterocycles. The molecule has 8 heteroatoms. The highest BCUT2D eigenvalue weighted by molar-refractivity contribution is 5.72. The number of fused-ring (bicyclic) bond motifs is 1. The highest BCUT2D eigenvalue weighted by Gasteiger charge is 2.24. The van der Waals surface area contributed by atoms with E-state index in [0.29, 0.717) is 0 Å². The van der Waals surface area contributed by atoms with Crippen molar-refractivity contribution < 1.29 is 9.47 Å². The first-order valence-electron chi connectivity index (χ1n) is 11.2. The molecule has 29 heavy (non-hydrogen) atoms. The lowest BCUT2D eigenvalue weighted by Crippen LogP contribution is -2.44. The standard InChI is InChI=1S/C21H36N6O2/c22-19-17-20-21(23-18-19)27(6-2-4-25-11-15-29-16-12-25)8-7-26(20)5-1-3-24-9-13-28-14-10-24/h17-18H,1-16,22H2. The van der Waals surface area contributed by atoms with Gasteiger partial charge in [0.05, 0.1) is 44.0 Å². The number of nitrogens with two attached hydrogens (primary N) is 1. The molecule has 4 heterocycles. The Morgan fingerprint density at radius 1 is 0.759 bits per heavy atom. The monoisotopic (exact) mass is 404 g/mol. The summed E-state index contributed by atoms with van der Waals surface area (Å²) in [5.74, 6) is 1.10. The van der Waals surface area contributed by atoms with Crippen LogP contribution < -0.4 is 15.5 Å². The molecular formula is C21H36N6O2. The molecule has 2 saturated heterocycles. The molecule has 0 aliphatic carbocycles. The first-order valence-corrected chi connectivity index (χ1v) is 11.2. The average Bonchev–Trinajstić information content (AvgIpc) is 2.76. The van der Waals surface area contributed by atoms with Crippen molar-refractivity contribution in [2.75, 3.05) is 107 Å². The summed E-state index contributed by atoms with van der Waals surface area (Å²) < 4.78 is 10.9. The van der Waals surface area contributed by atoms with Crippen LogP contribution in [0.4, 0.5) is 17.2 Å². The number of morpholine rings is 2. The second-order valence-electron chi connectivity index (χ2n) is 8.20. The number of aromatic nitrogens is 1. The lowest BCUT2D eigenvalue weighted by atomic mass is 10.2. The zero-order valence-corrected chi connectivity index (χ0v) is 17.6. The van der Waals surface area contributed by atoms with Gasteiger partial charge in [-0.1, -0.05) is 0 Å². The molecule has 8 nitrogen and oxygen atoms in total. The Hall–Kier alpha value is -1.61. The maximum absolute atomic E-state index is 6.08. The van der Waals surface area contributed by atoms with Crippen molar-refractivity contribution in [2.24, 2.45) is 0 Å². The van der Waals surface area contributed by atoms with Gasteiger partial charge in [0, 0.05) is 65.4 Å². The third-order valence-electron chi connectivity index (χ3n) is 6.16. The van der Waals surface area contributed by atoms with Gasteiger partial charge in [0.1, 0.15) is 0 Å². The molecule has 0 amide bonds. The summed E-state index contributed by atoms with van der Waals surface area (Å²) in [6.45, 7) is 14.1. The summed E-state index contributed by atoms with van der Waals surface area (Å²) in [6, 6.07) is 2.10. The van der Waals surface area contributed by atoms with Crippen LogP contribution in [0.3, 0.4) is 0 Å². The van der Waals surface area contributed by atoms with E-state index in [0.717, 1.165) is 116 Å². The highest BCUT2D eigenvalue weighted by Crippen LogP contribution is 2.32. The van der Waals surface area contributed by atoms with Gasteiger partial charge in [-0.3, -0.25) is 9.80 Å². The van der Waals surface area contributed by atoms with E-state index >= 15 is 0 Å². The average molecular weight is 405 g/mol. The lowest BCUT2D eigenvalue weighted by molar-refractivity contribution is 0.0375. The molecule has 2 fully saturated rings. The van der Waals surface area contributed by atoms with Crippen LogP contribution >= 0.6 is 0 Å². The summed E-state index contributed by atoms with van der Waals surface area (Å²) in [5.41, 5.74) is 8.03. The van der Waals surface area contributed by atoms with E-state index in [1.54, 1.807) is 6.20 Å². The summed E-state index contributed by atoms with van der Waals surface area (Å²) in [5, 5.41) is 0. The maximum Gasteiger partial charge on any atom is 0.152 e.